The van der Waals surface area contributed by atoms with Gasteiger partial charge in [-0.05, 0) is 54.3 Å². The summed E-state index contributed by atoms with van der Waals surface area (Å²) in [5.74, 6) is -1.10. The monoisotopic (exact) mass is 277 g/mol. The summed E-state index contributed by atoms with van der Waals surface area (Å²) in [6.45, 7) is 0.255. The Morgan fingerprint density at radius 3 is 2.60 bits per heavy atom. The minimum atomic E-state index is -0.447. The molecule has 2 aromatic carbocycles. The molecule has 0 bridgehead atoms. The van der Waals surface area contributed by atoms with Gasteiger partial charge in [0, 0.05) is 18.2 Å². The van der Waals surface area contributed by atoms with Crippen LogP contribution in [0.2, 0.25) is 0 Å². The molecule has 1 N–H and O–H groups in total. The number of hydrogen-bond acceptors (Lipinski definition) is 1. The molecule has 0 radical (unpaired) electrons. The Labute approximate surface area is 115 Å². The first kappa shape index (κ1) is 13.2. The summed E-state index contributed by atoms with van der Waals surface area (Å²) in [6, 6.07) is 8.23. The molecule has 104 valence electrons. The predicted octanol–water partition coefficient (Wildman–Crippen LogP) is 3.88. The molecule has 0 heterocycles. The smallest absolute Gasteiger partial charge is 0.127 e. The lowest BCUT2D eigenvalue weighted by atomic mass is 10.1. The third-order valence-electron chi connectivity index (χ3n) is 3.73. The maximum Gasteiger partial charge on any atom is 0.127 e. The lowest BCUT2D eigenvalue weighted by Gasteiger charge is -2.14. The van der Waals surface area contributed by atoms with Crippen molar-refractivity contribution in [3.05, 3.63) is 70.5 Å². The van der Waals surface area contributed by atoms with Crippen molar-refractivity contribution in [2.24, 2.45) is 0 Å². The van der Waals surface area contributed by atoms with E-state index in [0.29, 0.717) is 5.56 Å². The average Bonchev–Trinajstić information content (AvgIpc) is 2.82. The van der Waals surface area contributed by atoms with Gasteiger partial charge in [0.25, 0.3) is 0 Å². The standard InChI is InChI=1S/C16H14F3N/c17-12-2-4-14-10(7-12)1-6-16(14)20-9-11-8-13(18)3-5-15(11)19/h2-5,7-8,16,20H,1,6,9H2. The molecular weight excluding hydrogens is 263 g/mol. The van der Waals surface area contributed by atoms with Crippen molar-refractivity contribution in [3.8, 4) is 0 Å². The van der Waals surface area contributed by atoms with Crippen molar-refractivity contribution < 1.29 is 13.2 Å². The van der Waals surface area contributed by atoms with Crippen LogP contribution >= 0.6 is 0 Å². The van der Waals surface area contributed by atoms with Crippen molar-refractivity contribution >= 4 is 0 Å². The van der Waals surface area contributed by atoms with E-state index in [0.717, 1.165) is 36.1 Å². The third kappa shape index (κ3) is 2.56. The number of nitrogens with one attached hydrogen (secondary N) is 1. The van der Waals surface area contributed by atoms with Gasteiger partial charge in [0.05, 0.1) is 0 Å². The molecule has 0 saturated carbocycles. The van der Waals surface area contributed by atoms with Gasteiger partial charge in [-0.25, -0.2) is 13.2 Å². The molecule has 1 aliphatic carbocycles. The number of hydrogen-bond donors (Lipinski definition) is 1. The molecule has 3 rings (SSSR count). The Morgan fingerprint density at radius 2 is 1.75 bits per heavy atom. The SMILES string of the molecule is Fc1ccc(F)c(CNC2CCc3cc(F)ccc32)c1. The van der Waals surface area contributed by atoms with Crippen molar-refractivity contribution in [2.75, 3.05) is 0 Å². The third-order valence-corrected chi connectivity index (χ3v) is 3.73. The van der Waals surface area contributed by atoms with Crippen LogP contribution in [0.3, 0.4) is 0 Å². The summed E-state index contributed by atoms with van der Waals surface area (Å²) in [4.78, 5) is 0. The lowest BCUT2D eigenvalue weighted by Crippen LogP contribution is -2.19. The Morgan fingerprint density at radius 1 is 1.00 bits per heavy atom. The van der Waals surface area contributed by atoms with Gasteiger partial charge in [0.15, 0.2) is 0 Å². The molecule has 0 spiro atoms. The van der Waals surface area contributed by atoms with Gasteiger partial charge in [0.2, 0.25) is 0 Å². The Hall–Kier alpha value is -1.81. The summed E-state index contributed by atoms with van der Waals surface area (Å²) in [5, 5.41) is 3.21. The highest BCUT2D eigenvalue weighted by Crippen LogP contribution is 2.31. The molecule has 1 aliphatic rings. The van der Waals surface area contributed by atoms with Crippen LogP contribution < -0.4 is 5.32 Å². The van der Waals surface area contributed by atoms with Crippen LogP contribution in [-0.2, 0) is 13.0 Å². The molecule has 0 saturated heterocycles. The van der Waals surface area contributed by atoms with Crippen LogP contribution in [-0.4, -0.2) is 0 Å². The average molecular weight is 277 g/mol. The van der Waals surface area contributed by atoms with Gasteiger partial charge < -0.3 is 5.32 Å². The van der Waals surface area contributed by atoms with E-state index in [9.17, 15) is 13.2 Å². The Balaban J connectivity index is 1.73. The molecule has 0 amide bonds. The number of aryl methyl sites for hydroxylation is 1. The molecule has 1 unspecified atom stereocenters. The summed E-state index contributed by atoms with van der Waals surface area (Å²) in [5.41, 5.74) is 2.34. The summed E-state index contributed by atoms with van der Waals surface area (Å²) in [7, 11) is 0. The molecule has 1 atom stereocenters. The largest absolute Gasteiger partial charge is 0.306 e. The van der Waals surface area contributed by atoms with Crippen LogP contribution in [0.4, 0.5) is 13.2 Å². The highest BCUT2D eigenvalue weighted by Gasteiger charge is 2.22. The topological polar surface area (TPSA) is 12.0 Å². The minimum Gasteiger partial charge on any atom is -0.306 e. The van der Waals surface area contributed by atoms with Crippen LogP contribution in [0.25, 0.3) is 0 Å². The first-order chi connectivity index (χ1) is 9.63. The van der Waals surface area contributed by atoms with E-state index in [4.69, 9.17) is 0 Å². The first-order valence-corrected chi connectivity index (χ1v) is 6.59. The zero-order chi connectivity index (χ0) is 14.1. The zero-order valence-electron chi connectivity index (χ0n) is 10.8. The maximum atomic E-state index is 13.5. The van der Waals surface area contributed by atoms with E-state index in [1.54, 1.807) is 12.1 Å². The molecule has 1 nitrogen and oxygen atoms in total. The van der Waals surface area contributed by atoms with E-state index in [1.165, 1.54) is 12.1 Å². The van der Waals surface area contributed by atoms with E-state index in [-0.39, 0.29) is 18.4 Å². The van der Waals surface area contributed by atoms with Crippen LogP contribution in [0, 0.1) is 17.5 Å². The van der Waals surface area contributed by atoms with Crippen LogP contribution in [0.15, 0.2) is 36.4 Å². The van der Waals surface area contributed by atoms with Gasteiger partial charge >= 0.3 is 0 Å². The highest BCUT2D eigenvalue weighted by molar-refractivity contribution is 5.35. The van der Waals surface area contributed by atoms with Crippen molar-refractivity contribution in [2.45, 2.75) is 25.4 Å². The van der Waals surface area contributed by atoms with E-state index >= 15 is 0 Å². The number of halogens is 3. The molecule has 2 aromatic rings. The fourth-order valence-electron chi connectivity index (χ4n) is 2.71. The second kappa shape index (κ2) is 5.29. The molecule has 20 heavy (non-hydrogen) atoms. The summed E-state index contributed by atoms with van der Waals surface area (Å²) in [6.07, 6.45) is 1.64. The molecule has 0 aliphatic heterocycles. The van der Waals surface area contributed by atoms with Gasteiger partial charge in [0.1, 0.15) is 17.5 Å². The predicted molar refractivity (Wildman–Crippen MR) is 70.7 cm³/mol. The normalized spacial score (nSPS) is 17.2. The Kier molecular flexibility index (Phi) is 3.49. The first-order valence-electron chi connectivity index (χ1n) is 6.59. The van der Waals surface area contributed by atoms with Gasteiger partial charge in [-0.3, -0.25) is 0 Å². The lowest BCUT2D eigenvalue weighted by molar-refractivity contribution is 0.509. The van der Waals surface area contributed by atoms with E-state index in [2.05, 4.69) is 5.32 Å². The van der Waals surface area contributed by atoms with E-state index < -0.39 is 11.6 Å². The number of benzene rings is 2. The van der Waals surface area contributed by atoms with E-state index in [1.807, 2.05) is 0 Å². The van der Waals surface area contributed by atoms with Crippen molar-refractivity contribution in [1.29, 1.82) is 0 Å². The van der Waals surface area contributed by atoms with Crippen molar-refractivity contribution in [3.63, 3.8) is 0 Å². The van der Waals surface area contributed by atoms with Crippen LogP contribution in [0.1, 0.15) is 29.2 Å². The van der Waals surface area contributed by atoms with Crippen LogP contribution in [0.5, 0.6) is 0 Å². The fraction of sp³-hybridized carbons (Fsp3) is 0.250. The van der Waals surface area contributed by atoms with Crippen molar-refractivity contribution in [1.82, 2.24) is 5.32 Å². The quantitative estimate of drug-likeness (QED) is 0.897. The Bertz CT molecular complexity index is 640. The second-order valence-electron chi connectivity index (χ2n) is 5.05. The number of rotatable bonds is 3. The second-order valence-corrected chi connectivity index (χ2v) is 5.05. The minimum absolute atomic E-state index is 0.0632. The summed E-state index contributed by atoms with van der Waals surface area (Å²) >= 11 is 0. The molecule has 0 fully saturated rings. The van der Waals surface area contributed by atoms with Gasteiger partial charge in [-0.2, -0.15) is 0 Å². The van der Waals surface area contributed by atoms with Gasteiger partial charge in [-0.15, -0.1) is 0 Å². The highest BCUT2D eigenvalue weighted by atomic mass is 19.1. The molecule has 0 aromatic heterocycles. The van der Waals surface area contributed by atoms with Gasteiger partial charge in [-0.1, -0.05) is 6.07 Å². The summed E-state index contributed by atoms with van der Waals surface area (Å²) < 4.78 is 39.8. The maximum absolute atomic E-state index is 13.5. The fourth-order valence-corrected chi connectivity index (χ4v) is 2.71. The zero-order valence-corrected chi connectivity index (χ0v) is 10.8. The molecule has 4 heteroatoms. The number of fused-ring (bicyclic) bond motifs is 1. The molecular formula is C16H14F3N.